The van der Waals surface area contributed by atoms with Crippen molar-refractivity contribution >= 4 is 32.3 Å². The van der Waals surface area contributed by atoms with Crippen molar-refractivity contribution in [2.75, 3.05) is 0 Å². The molecule has 11 aromatic rings. The van der Waals surface area contributed by atoms with E-state index in [-0.39, 0.29) is 0 Å². The minimum absolute atomic E-state index is 0.459. The average molecular weight is 774 g/mol. The molecule has 1 heterocycles. The summed E-state index contributed by atoms with van der Waals surface area (Å²) in [7, 11) is 0. The number of aromatic nitrogens is 3. The Morgan fingerprint density at radius 1 is 0.246 bits per heavy atom. The van der Waals surface area contributed by atoms with Crippen LogP contribution in [0.1, 0.15) is 22.3 Å². The molecule has 2 aliphatic carbocycles. The van der Waals surface area contributed by atoms with Gasteiger partial charge >= 0.3 is 0 Å². The van der Waals surface area contributed by atoms with E-state index in [0.717, 1.165) is 27.8 Å². The number of hydrogen-bond acceptors (Lipinski definition) is 3. The maximum Gasteiger partial charge on any atom is 0.164 e. The van der Waals surface area contributed by atoms with E-state index in [1.807, 2.05) is 18.2 Å². The third kappa shape index (κ3) is 4.83. The summed E-state index contributed by atoms with van der Waals surface area (Å²) in [5, 5.41) is 7.57. The van der Waals surface area contributed by atoms with E-state index < -0.39 is 5.41 Å². The third-order valence-corrected chi connectivity index (χ3v) is 13.1. The first-order valence-corrected chi connectivity index (χ1v) is 20.9. The molecule has 0 fully saturated rings. The molecule has 0 atom stereocenters. The summed E-state index contributed by atoms with van der Waals surface area (Å²) in [5.41, 5.74) is 14.8. The summed E-state index contributed by atoms with van der Waals surface area (Å²) in [4.78, 5) is 15.9. The predicted octanol–water partition coefficient (Wildman–Crippen LogP) is 14.3. The lowest BCUT2D eigenvalue weighted by atomic mass is 9.70. The Kier molecular flexibility index (Phi) is 7.22. The number of rotatable bonds is 4. The molecule has 0 radical (unpaired) electrons. The van der Waals surface area contributed by atoms with Gasteiger partial charge in [-0.05, 0) is 100 Å². The molecule has 0 bridgehead atoms. The van der Waals surface area contributed by atoms with Crippen molar-refractivity contribution < 1.29 is 0 Å². The minimum atomic E-state index is -0.459. The topological polar surface area (TPSA) is 38.7 Å². The van der Waals surface area contributed by atoms with Crippen LogP contribution >= 0.6 is 0 Å². The molecule has 0 aliphatic heterocycles. The van der Waals surface area contributed by atoms with Crippen molar-refractivity contribution in [1.29, 1.82) is 0 Å². The minimum Gasteiger partial charge on any atom is -0.208 e. The van der Waals surface area contributed by atoms with E-state index in [2.05, 4.69) is 194 Å². The summed E-state index contributed by atoms with van der Waals surface area (Å²) < 4.78 is 0. The average Bonchev–Trinajstić information content (AvgIpc) is 3.82. The van der Waals surface area contributed by atoms with Crippen molar-refractivity contribution in [2.24, 2.45) is 0 Å². The maximum atomic E-state index is 5.39. The molecule has 1 aromatic heterocycles. The first kappa shape index (κ1) is 33.9. The fraction of sp³-hybridized carbons (Fsp3) is 0.0172. The summed E-state index contributed by atoms with van der Waals surface area (Å²) in [6.07, 6.45) is 0. The van der Waals surface area contributed by atoms with Gasteiger partial charge in [0, 0.05) is 16.7 Å². The molecule has 1 spiro atoms. The second-order valence-corrected chi connectivity index (χ2v) is 16.2. The molecule has 0 N–H and O–H groups in total. The summed E-state index contributed by atoms with van der Waals surface area (Å²) in [6.45, 7) is 0. The van der Waals surface area contributed by atoms with Gasteiger partial charge in [-0.15, -0.1) is 0 Å². The number of benzene rings is 10. The van der Waals surface area contributed by atoms with E-state index >= 15 is 0 Å². The summed E-state index contributed by atoms with van der Waals surface area (Å²) >= 11 is 0. The highest BCUT2D eigenvalue weighted by molar-refractivity contribution is 6.25. The zero-order valence-electron chi connectivity index (χ0n) is 33.0. The Morgan fingerprint density at radius 3 is 1.34 bits per heavy atom. The van der Waals surface area contributed by atoms with E-state index in [4.69, 9.17) is 15.0 Å². The fourth-order valence-corrected chi connectivity index (χ4v) is 10.6. The molecular weight excluding hydrogens is 739 g/mol. The van der Waals surface area contributed by atoms with Crippen LogP contribution in [0.25, 0.3) is 99.9 Å². The van der Waals surface area contributed by atoms with Crippen LogP contribution < -0.4 is 0 Å². The molecule has 61 heavy (non-hydrogen) atoms. The standard InChI is InChI=1S/C58H35N3/c1-2-16-36(17-3-1)55-59-56(39-19-14-18-37(34-39)38-32-33-44-42-22-5-4-20-40(42)41-21-6-7-23-43(41)49(44)35-38)61-57(60-55)48-27-15-31-53-54(48)47-26-10-13-30-52(47)58(53)50-28-11-8-24-45(50)46-25-9-12-29-51(46)58/h1-35H. The lowest BCUT2D eigenvalue weighted by molar-refractivity contribution is 0.794. The van der Waals surface area contributed by atoms with E-state index in [9.17, 15) is 0 Å². The second kappa shape index (κ2) is 13.0. The van der Waals surface area contributed by atoms with Crippen LogP contribution in [0.4, 0.5) is 0 Å². The summed E-state index contributed by atoms with van der Waals surface area (Å²) in [6, 6.07) is 76.7. The van der Waals surface area contributed by atoms with Crippen molar-refractivity contribution in [2.45, 2.75) is 5.41 Å². The highest BCUT2D eigenvalue weighted by atomic mass is 15.0. The SMILES string of the molecule is c1ccc(-c2nc(-c3cccc(-c4ccc5c6ccccc6c6ccccc6c5c4)c3)nc(-c3cccc4c3-c3ccccc3C43c4ccccc4-c4ccccc43)n2)cc1. The maximum absolute atomic E-state index is 5.39. The number of hydrogen-bond donors (Lipinski definition) is 0. The van der Waals surface area contributed by atoms with Crippen LogP contribution in [0.3, 0.4) is 0 Å². The van der Waals surface area contributed by atoms with Crippen LogP contribution in [-0.4, -0.2) is 15.0 Å². The number of nitrogens with zero attached hydrogens (tertiary/aromatic N) is 3. The quantitative estimate of drug-likeness (QED) is 0.167. The van der Waals surface area contributed by atoms with Gasteiger partial charge in [0.1, 0.15) is 0 Å². The van der Waals surface area contributed by atoms with E-state index in [1.165, 1.54) is 76.8 Å². The first-order valence-electron chi connectivity index (χ1n) is 20.9. The predicted molar refractivity (Wildman–Crippen MR) is 250 cm³/mol. The zero-order chi connectivity index (χ0) is 40.1. The third-order valence-electron chi connectivity index (χ3n) is 13.1. The molecule has 2 aliphatic rings. The van der Waals surface area contributed by atoms with Crippen LogP contribution in [0.2, 0.25) is 0 Å². The smallest absolute Gasteiger partial charge is 0.164 e. The van der Waals surface area contributed by atoms with Gasteiger partial charge in [-0.2, -0.15) is 0 Å². The van der Waals surface area contributed by atoms with E-state index in [0.29, 0.717) is 17.5 Å². The Labute approximate surface area is 353 Å². The molecule has 3 nitrogen and oxygen atoms in total. The van der Waals surface area contributed by atoms with Gasteiger partial charge in [0.2, 0.25) is 0 Å². The molecule has 0 saturated heterocycles. The van der Waals surface area contributed by atoms with Gasteiger partial charge in [0.05, 0.1) is 5.41 Å². The Hall–Kier alpha value is -8.01. The van der Waals surface area contributed by atoms with Crippen LogP contribution in [0, 0.1) is 0 Å². The summed E-state index contributed by atoms with van der Waals surface area (Å²) in [5.74, 6) is 1.94. The molecule has 0 unspecified atom stereocenters. The Balaban J connectivity index is 1.01. The second-order valence-electron chi connectivity index (χ2n) is 16.2. The van der Waals surface area contributed by atoms with Crippen LogP contribution in [0.15, 0.2) is 212 Å². The van der Waals surface area contributed by atoms with Gasteiger partial charge in [-0.1, -0.05) is 200 Å². The fourth-order valence-electron chi connectivity index (χ4n) is 10.6. The van der Waals surface area contributed by atoms with Gasteiger partial charge in [0.15, 0.2) is 17.5 Å². The zero-order valence-corrected chi connectivity index (χ0v) is 33.0. The monoisotopic (exact) mass is 773 g/mol. The first-order chi connectivity index (χ1) is 30.3. The van der Waals surface area contributed by atoms with Gasteiger partial charge in [0.25, 0.3) is 0 Å². The molecular formula is C58H35N3. The molecule has 0 saturated carbocycles. The van der Waals surface area contributed by atoms with Crippen LogP contribution in [-0.2, 0) is 5.41 Å². The highest BCUT2D eigenvalue weighted by Crippen LogP contribution is 2.63. The van der Waals surface area contributed by atoms with Gasteiger partial charge in [-0.3, -0.25) is 0 Å². The Bertz CT molecular complexity index is 3520. The van der Waals surface area contributed by atoms with E-state index in [1.54, 1.807) is 0 Å². The molecule has 0 amide bonds. The molecule has 13 rings (SSSR count). The lowest BCUT2D eigenvalue weighted by Crippen LogP contribution is -2.25. The normalized spacial score (nSPS) is 13.0. The van der Waals surface area contributed by atoms with Gasteiger partial charge in [-0.25, -0.2) is 15.0 Å². The van der Waals surface area contributed by atoms with Crippen molar-refractivity contribution in [3.8, 4) is 67.5 Å². The van der Waals surface area contributed by atoms with Crippen molar-refractivity contribution in [3.63, 3.8) is 0 Å². The Morgan fingerprint density at radius 2 is 0.672 bits per heavy atom. The largest absolute Gasteiger partial charge is 0.208 e. The van der Waals surface area contributed by atoms with Crippen molar-refractivity contribution in [3.05, 3.63) is 235 Å². The number of fused-ring (bicyclic) bond motifs is 16. The van der Waals surface area contributed by atoms with Crippen LogP contribution in [0.5, 0.6) is 0 Å². The molecule has 282 valence electrons. The van der Waals surface area contributed by atoms with Crippen molar-refractivity contribution in [1.82, 2.24) is 15.0 Å². The highest BCUT2D eigenvalue weighted by Gasteiger charge is 2.52. The lowest BCUT2D eigenvalue weighted by Gasteiger charge is -2.30. The van der Waals surface area contributed by atoms with Gasteiger partial charge < -0.3 is 0 Å². The molecule has 10 aromatic carbocycles. The molecule has 3 heteroatoms.